The number of nitrogens with one attached hydrogen (secondary N) is 1. The molecule has 3 heterocycles. The zero-order valence-electron chi connectivity index (χ0n) is 16.8. The predicted molar refractivity (Wildman–Crippen MR) is 127 cm³/mol. The molecule has 9 heteroatoms. The van der Waals surface area contributed by atoms with Gasteiger partial charge in [0.25, 0.3) is 0 Å². The topological polar surface area (TPSA) is 74.5 Å². The number of fused-ring (bicyclic) bond motifs is 1. The van der Waals surface area contributed by atoms with E-state index in [2.05, 4.69) is 42.6 Å². The minimum absolute atomic E-state index is 0. The fourth-order valence-corrected chi connectivity index (χ4v) is 3.48. The summed E-state index contributed by atoms with van der Waals surface area (Å²) in [5, 5.41) is 3.42. The van der Waals surface area contributed by atoms with Crippen molar-refractivity contribution < 1.29 is 0 Å². The van der Waals surface area contributed by atoms with Crippen molar-refractivity contribution in [1.82, 2.24) is 29.7 Å². The number of hydrogen-bond acceptors (Lipinski definition) is 5. The molecule has 1 aliphatic heterocycles. The van der Waals surface area contributed by atoms with Crippen molar-refractivity contribution in [3.05, 3.63) is 48.5 Å². The molecule has 1 aliphatic rings. The van der Waals surface area contributed by atoms with Gasteiger partial charge in [-0.3, -0.25) is 0 Å². The molecule has 0 unspecified atom stereocenters. The van der Waals surface area contributed by atoms with E-state index < -0.39 is 0 Å². The standard InChI is InChI=1S/C20H26N8.HI/c1-3-21-19(24-15-18-25-16-7-4-5-8-17(16)26(18)2)27-11-13-28(14-12-27)20-22-9-6-10-23-20;/h4-10H,3,11-15H2,1-2H3,(H,21,24);1H. The summed E-state index contributed by atoms with van der Waals surface area (Å²) in [6.45, 7) is 7.00. The number of rotatable bonds is 4. The quantitative estimate of drug-likeness (QED) is 0.333. The lowest BCUT2D eigenvalue weighted by Crippen LogP contribution is -2.53. The van der Waals surface area contributed by atoms with Crippen molar-refractivity contribution in [3.8, 4) is 0 Å². The first-order chi connectivity index (χ1) is 13.8. The number of imidazole rings is 1. The van der Waals surface area contributed by atoms with Gasteiger partial charge in [0.05, 0.1) is 11.0 Å². The third-order valence-corrected chi connectivity index (χ3v) is 5.00. The van der Waals surface area contributed by atoms with Crippen LogP contribution in [0, 0.1) is 0 Å². The molecule has 0 bridgehead atoms. The molecule has 0 aliphatic carbocycles. The van der Waals surface area contributed by atoms with Gasteiger partial charge in [-0.05, 0) is 25.1 Å². The number of aliphatic imine (C=N–C) groups is 1. The van der Waals surface area contributed by atoms with Gasteiger partial charge in [-0.2, -0.15) is 0 Å². The minimum Gasteiger partial charge on any atom is -0.357 e. The zero-order valence-corrected chi connectivity index (χ0v) is 19.2. The second-order valence-electron chi connectivity index (χ2n) is 6.77. The molecule has 1 aromatic carbocycles. The Kier molecular flexibility index (Phi) is 7.24. The van der Waals surface area contributed by atoms with Crippen LogP contribution in [-0.2, 0) is 13.6 Å². The molecule has 0 spiro atoms. The summed E-state index contributed by atoms with van der Waals surface area (Å²) in [5.74, 6) is 2.69. The van der Waals surface area contributed by atoms with Crippen molar-refractivity contribution in [3.63, 3.8) is 0 Å². The molecule has 1 saturated heterocycles. The van der Waals surface area contributed by atoms with Crippen LogP contribution in [0.3, 0.4) is 0 Å². The van der Waals surface area contributed by atoms with Crippen molar-refractivity contribution >= 4 is 46.9 Å². The first-order valence-corrected chi connectivity index (χ1v) is 9.72. The summed E-state index contributed by atoms with van der Waals surface area (Å²) in [6, 6.07) is 10.0. The normalized spacial score (nSPS) is 14.8. The summed E-state index contributed by atoms with van der Waals surface area (Å²) in [7, 11) is 2.05. The van der Waals surface area contributed by atoms with Gasteiger partial charge in [0, 0.05) is 52.2 Å². The number of aromatic nitrogens is 4. The predicted octanol–water partition coefficient (Wildman–Crippen LogP) is 2.27. The van der Waals surface area contributed by atoms with E-state index in [-0.39, 0.29) is 24.0 Å². The van der Waals surface area contributed by atoms with Crippen LogP contribution in [0.1, 0.15) is 12.7 Å². The molecule has 1 fully saturated rings. The van der Waals surface area contributed by atoms with Crippen LogP contribution >= 0.6 is 24.0 Å². The number of para-hydroxylation sites is 2. The number of guanidine groups is 1. The Morgan fingerprint density at radius 2 is 1.79 bits per heavy atom. The fourth-order valence-electron chi connectivity index (χ4n) is 3.48. The monoisotopic (exact) mass is 506 g/mol. The average molecular weight is 506 g/mol. The molecule has 1 N–H and O–H groups in total. The number of halogens is 1. The molecule has 29 heavy (non-hydrogen) atoms. The van der Waals surface area contributed by atoms with Crippen LogP contribution in [0.4, 0.5) is 5.95 Å². The van der Waals surface area contributed by atoms with Crippen LogP contribution in [0.25, 0.3) is 11.0 Å². The van der Waals surface area contributed by atoms with Crippen LogP contribution in [0.15, 0.2) is 47.7 Å². The van der Waals surface area contributed by atoms with E-state index in [1.807, 2.05) is 31.3 Å². The van der Waals surface area contributed by atoms with E-state index in [0.717, 1.165) is 61.5 Å². The molecule has 0 atom stereocenters. The molecule has 4 rings (SSSR count). The smallest absolute Gasteiger partial charge is 0.225 e. The van der Waals surface area contributed by atoms with Crippen LogP contribution in [0.5, 0.6) is 0 Å². The van der Waals surface area contributed by atoms with Gasteiger partial charge in [0.2, 0.25) is 5.95 Å². The lowest BCUT2D eigenvalue weighted by molar-refractivity contribution is 0.370. The van der Waals surface area contributed by atoms with E-state index in [1.165, 1.54) is 0 Å². The Hall–Kier alpha value is -2.43. The number of nitrogens with zero attached hydrogens (tertiary/aromatic N) is 7. The third kappa shape index (κ3) is 4.77. The first-order valence-electron chi connectivity index (χ1n) is 9.72. The first kappa shape index (κ1) is 21.3. The van der Waals surface area contributed by atoms with Crippen molar-refractivity contribution in [1.29, 1.82) is 0 Å². The lowest BCUT2D eigenvalue weighted by Gasteiger charge is -2.36. The lowest BCUT2D eigenvalue weighted by atomic mass is 10.3. The summed E-state index contributed by atoms with van der Waals surface area (Å²) >= 11 is 0. The zero-order chi connectivity index (χ0) is 19.3. The summed E-state index contributed by atoms with van der Waals surface area (Å²) in [5.41, 5.74) is 2.14. The van der Waals surface area contributed by atoms with Crippen LogP contribution < -0.4 is 10.2 Å². The number of anilines is 1. The highest BCUT2D eigenvalue weighted by Crippen LogP contribution is 2.15. The van der Waals surface area contributed by atoms with E-state index in [9.17, 15) is 0 Å². The molecular weight excluding hydrogens is 479 g/mol. The molecule has 2 aromatic heterocycles. The molecule has 0 radical (unpaired) electrons. The van der Waals surface area contributed by atoms with Crippen LogP contribution in [-0.4, -0.2) is 63.1 Å². The maximum absolute atomic E-state index is 4.86. The Labute approximate surface area is 188 Å². The number of hydrogen-bond donors (Lipinski definition) is 1. The van der Waals surface area contributed by atoms with Crippen LogP contribution in [0.2, 0.25) is 0 Å². The maximum atomic E-state index is 4.86. The molecule has 0 saturated carbocycles. The van der Waals surface area contributed by atoms with Gasteiger partial charge >= 0.3 is 0 Å². The molecule has 154 valence electrons. The van der Waals surface area contributed by atoms with Gasteiger partial charge in [-0.25, -0.2) is 19.9 Å². The third-order valence-electron chi connectivity index (χ3n) is 5.00. The Bertz CT molecular complexity index is 948. The van der Waals surface area contributed by atoms with E-state index in [4.69, 9.17) is 9.98 Å². The van der Waals surface area contributed by atoms with Gasteiger partial charge in [-0.15, -0.1) is 24.0 Å². The second kappa shape index (κ2) is 9.86. The van der Waals surface area contributed by atoms with E-state index in [0.29, 0.717) is 6.54 Å². The molecule has 3 aromatic rings. The number of piperazine rings is 1. The van der Waals surface area contributed by atoms with Gasteiger partial charge in [0.15, 0.2) is 5.96 Å². The SMILES string of the molecule is CCNC(=NCc1nc2ccccc2n1C)N1CCN(c2ncccn2)CC1.I. The summed E-state index contributed by atoms with van der Waals surface area (Å²) in [6.07, 6.45) is 3.58. The highest BCUT2D eigenvalue weighted by Gasteiger charge is 2.21. The highest BCUT2D eigenvalue weighted by molar-refractivity contribution is 14.0. The van der Waals surface area contributed by atoms with Gasteiger partial charge in [-0.1, -0.05) is 12.1 Å². The highest BCUT2D eigenvalue weighted by atomic mass is 127. The van der Waals surface area contributed by atoms with Crippen molar-refractivity contribution in [2.75, 3.05) is 37.6 Å². The Balaban J connectivity index is 0.00000240. The summed E-state index contributed by atoms with van der Waals surface area (Å²) < 4.78 is 2.12. The van der Waals surface area contributed by atoms with Crippen molar-refractivity contribution in [2.45, 2.75) is 13.5 Å². The average Bonchev–Trinajstić information content (AvgIpc) is 3.08. The molecule has 8 nitrogen and oxygen atoms in total. The largest absolute Gasteiger partial charge is 0.357 e. The molecular formula is C20H27IN8. The maximum Gasteiger partial charge on any atom is 0.225 e. The van der Waals surface area contributed by atoms with E-state index >= 15 is 0 Å². The van der Waals surface area contributed by atoms with Gasteiger partial charge in [0.1, 0.15) is 12.4 Å². The fraction of sp³-hybridized carbons (Fsp3) is 0.400. The minimum atomic E-state index is 0. The van der Waals surface area contributed by atoms with E-state index in [1.54, 1.807) is 12.4 Å². The Morgan fingerprint density at radius 3 is 2.48 bits per heavy atom. The summed E-state index contributed by atoms with van der Waals surface area (Å²) in [4.78, 5) is 22.8. The molecule has 0 amide bonds. The number of aryl methyl sites for hydroxylation is 1. The van der Waals surface area contributed by atoms with Crippen molar-refractivity contribution in [2.24, 2.45) is 12.0 Å². The number of benzene rings is 1. The second-order valence-corrected chi connectivity index (χ2v) is 6.77. The Morgan fingerprint density at radius 1 is 1.07 bits per heavy atom. The van der Waals surface area contributed by atoms with Gasteiger partial charge < -0.3 is 19.7 Å².